The molecule has 0 aliphatic heterocycles. The number of aliphatic carboxylic acids is 1. The van der Waals surface area contributed by atoms with Crippen molar-refractivity contribution in [1.82, 2.24) is 4.98 Å². The van der Waals surface area contributed by atoms with E-state index in [1.807, 2.05) is 63.2 Å². The topological polar surface area (TPSA) is 81.8 Å². The number of aromatic nitrogens is 1. The summed E-state index contributed by atoms with van der Waals surface area (Å²) in [6, 6.07) is 13.5. The van der Waals surface area contributed by atoms with Gasteiger partial charge in [-0.2, -0.15) is 0 Å². The Hall–Kier alpha value is -3.54. The summed E-state index contributed by atoms with van der Waals surface area (Å²) in [5.41, 5.74) is 4.50. The van der Waals surface area contributed by atoms with Crippen molar-refractivity contribution in [3.63, 3.8) is 0 Å². The molecule has 1 N–H and O–H groups in total. The number of nitrogens with zero attached hydrogens (tertiary/aromatic N) is 1. The maximum Gasteiger partial charge on any atom is 0.371 e. The number of carboxylic acids is 1. The molecule has 6 nitrogen and oxygen atoms in total. The summed E-state index contributed by atoms with van der Waals surface area (Å²) < 4.78 is 17.0. The summed E-state index contributed by atoms with van der Waals surface area (Å²) in [6.45, 7) is 8.31. The van der Waals surface area contributed by atoms with Gasteiger partial charge in [-0.25, -0.2) is 9.78 Å². The van der Waals surface area contributed by atoms with E-state index in [1.165, 1.54) is 0 Å². The van der Waals surface area contributed by atoms with Crippen molar-refractivity contribution in [3.05, 3.63) is 76.4 Å². The molecular formula is C25H27NO5. The Kier molecular flexibility index (Phi) is 7.13. The van der Waals surface area contributed by atoms with E-state index in [0.717, 1.165) is 39.5 Å². The third-order valence-corrected chi connectivity index (χ3v) is 5.09. The van der Waals surface area contributed by atoms with Crippen molar-refractivity contribution < 1.29 is 23.8 Å². The molecule has 162 valence electrons. The third-order valence-electron chi connectivity index (χ3n) is 5.09. The van der Waals surface area contributed by atoms with Crippen molar-refractivity contribution in [2.45, 2.75) is 34.1 Å². The number of rotatable bonds is 9. The molecule has 3 rings (SSSR count). The van der Waals surface area contributed by atoms with Crippen LogP contribution in [0.15, 0.2) is 52.6 Å². The molecule has 31 heavy (non-hydrogen) atoms. The van der Waals surface area contributed by atoms with Crippen molar-refractivity contribution in [2.75, 3.05) is 13.2 Å². The average Bonchev–Trinajstić information content (AvgIpc) is 3.13. The molecule has 0 atom stereocenters. The van der Waals surface area contributed by atoms with Gasteiger partial charge in [0.1, 0.15) is 11.5 Å². The minimum Gasteiger partial charge on any atom is -0.493 e. The number of carbonyl (C=O) groups is 1. The molecule has 0 fully saturated rings. The lowest BCUT2D eigenvalue weighted by molar-refractivity contribution is -0.136. The zero-order chi connectivity index (χ0) is 22.4. The van der Waals surface area contributed by atoms with Gasteiger partial charge in [-0.3, -0.25) is 0 Å². The molecule has 3 aromatic rings. The van der Waals surface area contributed by atoms with Crippen molar-refractivity contribution in [2.24, 2.45) is 0 Å². The Morgan fingerprint density at radius 1 is 1.10 bits per heavy atom. The van der Waals surface area contributed by atoms with E-state index in [4.69, 9.17) is 13.9 Å². The van der Waals surface area contributed by atoms with Crippen LogP contribution < -0.4 is 4.74 Å². The van der Waals surface area contributed by atoms with Crippen LogP contribution >= 0.6 is 0 Å². The monoisotopic (exact) mass is 421 g/mol. The molecule has 0 aliphatic carbocycles. The standard InChI is InChI=1S/C25H27NO5/c1-5-29-23(25(27)28)15-20-11-12-22(17(3)16(20)2)30-14-13-21-18(4)31-24(26-21)19-9-7-6-8-10-19/h6-12,15H,5,13-14H2,1-4H3,(H,27,28). The fraction of sp³-hybridized carbons (Fsp3) is 0.280. The summed E-state index contributed by atoms with van der Waals surface area (Å²) in [5, 5.41) is 9.27. The molecule has 6 heteroatoms. The second kappa shape index (κ2) is 9.98. The molecule has 0 radical (unpaired) electrons. The first-order valence-electron chi connectivity index (χ1n) is 10.2. The molecule has 0 saturated heterocycles. The fourth-order valence-electron chi connectivity index (χ4n) is 3.21. The first-order valence-corrected chi connectivity index (χ1v) is 10.2. The summed E-state index contributed by atoms with van der Waals surface area (Å²) >= 11 is 0. The Bertz CT molecular complexity index is 1080. The van der Waals surface area contributed by atoms with Crippen molar-refractivity contribution >= 4 is 12.0 Å². The molecule has 2 aromatic carbocycles. The number of hydrogen-bond donors (Lipinski definition) is 1. The largest absolute Gasteiger partial charge is 0.493 e. The van der Waals surface area contributed by atoms with Gasteiger partial charge in [0.2, 0.25) is 11.6 Å². The van der Waals surface area contributed by atoms with Gasteiger partial charge in [0.25, 0.3) is 0 Å². The van der Waals surface area contributed by atoms with Crippen LogP contribution in [0.5, 0.6) is 5.75 Å². The van der Waals surface area contributed by atoms with Gasteiger partial charge in [0.15, 0.2) is 0 Å². The highest BCUT2D eigenvalue weighted by molar-refractivity contribution is 5.90. The molecule has 0 aliphatic rings. The zero-order valence-corrected chi connectivity index (χ0v) is 18.3. The second-order valence-electron chi connectivity index (χ2n) is 7.14. The van der Waals surface area contributed by atoms with E-state index < -0.39 is 5.97 Å². The van der Waals surface area contributed by atoms with E-state index in [-0.39, 0.29) is 5.76 Å². The van der Waals surface area contributed by atoms with Crippen LogP contribution in [0.3, 0.4) is 0 Å². The normalized spacial score (nSPS) is 11.4. The fourth-order valence-corrected chi connectivity index (χ4v) is 3.21. The quantitative estimate of drug-likeness (QED) is 0.370. The molecule has 1 heterocycles. The summed E-state index contributed by atoms with van der Waals surface area (Å²) in [4.78, 5) is 15.9. The average molecular weight is 421 g/mol. The van der Waals surface area contributed by atoms with Crippen molar-refractivity contribution in [1.29, 1.82) is 0 Å². The van der Waals surface area contributed by atoms with Crippen LogP contribution in [0, 0.1) is 20.8 Å². The number of aryl methyl sites for hydroxylation is 1. The van der Waals surface area contributed by atoms with E-state index in [9.17, 15) is 9.90 Å². The van der Waals surface area contributed by atoms with Gasteiger partial charge >= 0.3 is 5.97 Å². The molecule has 0 bridgehead atoms. The predicted octanol–water partition coefficient (Wildman–Crippen LogP) is 5.35. The van der Waals surface area contributed by atoms with E-state index >= 15 is 0 Å². The van der Waals surface area contributed by atoms with Gasteiger partial charge in [-0.15, -0.1) is 0 Å². The van der Waals surface area contributed by atoms with Crippen LogP contribution in [0.4, 0.5) is 0 Å². The summed E-state index contributed by atoms with van der Waals surface area (Å²) in [7, 11) is 0. The molecule has 0 amide bonds. The van der Waals surface area contributed by atoms with Crippen LogP contribution in [0.25, 0.3) is 17.5 Å². The second-order valence-corrected chi connectivity index (χ2v) is 7.14. The minimum atomic E-state index is -1.09. The third kappa shape index (κ3) is 5.34. The van der Waals surface area contributed by atoms with Gasteiger partial charge in [-0.1, -0.05) is 24.3 Å². The smallest absolute Gasteiger partial charge is 0.371 e. The van der Waals surface area contributed by atoms with Crippen LogP contribution in [0.2, 0.25) is 0 Å². The zero-order valence-electron chi connectivity index (χ0n) is 18.3. The van der Waals surface area contributed by atoms with Crippen LogP contribution in [0.1, 0.15) is 35.1 Å². The van der Waals surface area contributed by atoms with Crippen LogP contribution in [-0.4, -0.2) is 29.3 Å². The maximum absolute atomic E-state index is 11.3. The number of ether oxygens (including phenoxy) is 2. The first kappa shape index (κ1) is 22.2. The molecular weight excluding hydrogens is 394 g/mol. The molecule has 0 saturated carbocycles. The first-order chi connectivity index (χ1) is 14.9. The van der Waals surface area contributed by atoms with Gasteiger partial charge in [0, 0.05) is 12.0 Å². The lowest BCUT2D eigenvalue weighted by Gasteiger charge is -2.13. The lowest BCUT2D eigenvalue weighted by Crippen LogP contribution is -2.06. The van der Waals surface area contributed by atoms with E-state index in [2.05, 4.69) is 4.98 Å². The SMILES string of the molecule is CCOC(=Cc1ccc(OCCc2nc(-c3ccccc3)oc2C)c(C)c1C)C(=O)O. The summed E-state index contributed by atoms with van der Waals surface area (Å²) in [6.07, 6.45) is 2.16. The minimum absolute atomic E-state index is 0.0746. The molecule has 0 spiro atoms. The maximum atomic E-state index is 11.3. The Balaban J connectivity index is 1.69. The highest BCUT2D eigenvalue weighted by Crippen LogP contribution is 2.27. The van der Waals surface area contributed by atoms with E-state index in [0.29, 0.717) is 25.5 Å². The predicted molar refractivity (Wildman–Crippen MR) is 119 cm³/mol. The number of carboxylic acid groups (broad SMARTS) is 1. The summed E-state index contributed by atoms with van der Waals surface area (Å²) in [5.74, 6) is 0.992. The number of oxazole rings is 1. The van der Waals surface area contributed by atoms with Gasteiger partial charge < -0.3 is 19.0 Å². The lowest BCUT2D eigenvalue weighted by atomic mass is 10.0. The highest BCUT2D eigenvalue weighted by Gasteiger charge is 2.14. The van der Waals surface area contributed by atoms with Crippen LogP contribution in [-0.2, 0) is 16.0 Å². The highest BCUT2D eigenvalue weighted by atomic mass is 16.5. The van der Waals surface area contributed by atoms with Crippen molar-refractivity contribution in [3.8, 4) is 17.2 Å². The molecule has 0 unspecified atom stereocenters. The Morgan fingerprint density at radius 3 is 2.52 bits per heavy atom. The number of hydrogen-bond acceptors (Lipinski definition) is 5. The van der Waals surface area contributed by atoms with E-state index in [1.54, 1.807) is 13.0 Å². The van der Waals surface area contributed by atoms with Gasteiger partial charge in [0.05, 0.1) is 18.9 Å². The molecule has 1 aromatic heterocycles. The Morgan fingerprint density at radius 2 is 1.84 bits per heavy atom. The number of benzene rings is 2. The van der Waals surface area contributed by atoms with Gasteiger partial charge in [-0.05, 0) is 68.7 Å². The Labute approximate surface area is 182 Å².